The molecule has 0 aromatic carbocycles. The van der Waals surface area contributed by atoms with E-state index in [0.717, 1.165) is 6.42 Å². The van der Waals surface area contributed by atoms with Crippen LogP contribution in [0.25, 0.3) is 0 Å². The second-order valence-electron chi connectivity index (χ2n) is 5.13. The summed E-state index contributed by atoms with van der Waals surface area (Å²) >= 11 is 2.54. The van der Waals surface area contributed by atoms with Gasteiger partial charge in [-0.2, -0.15) is 4.98 Å². The summed E-state index contributed by atoms with van der Waals surface area (Å²) < 4.78 is 5.84. The fraction of sp³-hybridized carbons (Fsp3) is 0.583. The average Bonchev–Trinajstić information content (AvgIpc) is 3.05. The molecule has 0 aliphatic rings. The molecule has 0 aliphatic carbocycles. The van der Waals surface area contributed by atoms with E-state index in [1.807, 2.05) is 0 Å². The number of nitrogen functional groups attached to an aromatic ring is 1. The van der Waals surface area contributed by atoms with E-state index >= 15 is 0 Å². The third-order valence-corrected chi connectivity index (χ3v) is 4.46. The maximum atomic E-state index is 11.9. The first-order valence-electron chi connectivity index (χ1n) is 6.77. The number of nitrogens with zero attached hydrogens (tertiary/aromatic N) is 4. The van der Waals surface area contributed by atoms with Crippen molar-refractivity contribution in [2.45, 2.75) is 37.6 Å². The van der Waals surface area contributed by atoms with Crippen LogP contribution in [0.15, 0.2) is 8.86 Å². The molecule has 0 radical (unpaired) electrons. The van der Waals surface area contributed by atoms with Crippen molar-refractivity contribution in [1.82, 2.24) is 25.7 Å². The lowest BCUT2D eigenvalue weighted by Gasteiger charge is -2.08. The summed E-state index contributed by atoms with van der Waals surface area (Å²) in [6.45, 7) is 5.97. The van der Waals surface area contributed by atoms with Crippen molar-refractivity contribution in [3.05, 3.63) is 11.7 Å². The van der Waals surface area contributed by atoms with Gasteiger partial charge in [0.15, 0.2) is 10.2 Å². The van der Waals surface area contributed by atoms with Crippen molar-refractivity contribution in [2.75, 3.05) is 11.5 Å². The maximum absolute atomic E-state index is 11.9. The minimum absolute atomic E-state index is 0.144. The molecular weight excluding hydrogens is 324 g/mol. The van der Waals surface area contributed by atoms with Gasteiger partial charge in [0.25, 0.3) is 0 Å². The summed E-state index contributed by atoms with van der Waals surface area (Å²) in [6, 6.07) is -0.332. The van der Waals surface area contributed by atoms with E-state index in [-0.39, 0.29) is 17.7 Å². The number of anilines is 1. The smallest absolute Gasteiger partial charge is 0.248 e. The molecule has 1 atom stereocenters. The van der Waals surface area contributed by atoms with Crippen LogP contribution in [0, 0.1) is 5.92 Å². The number of carbonyl (C=O) groups excluding carboxylic acids is 1. The molecule has 2 aromatic rings. The van der Waals surface area contributed by atoms with Crippen LogP contribution in [-0.4, -0.2) is 32.0 Å². The quantitative estimate of drug-likeness (QED) is 0.729. The Kier molecular flexibility index (Phi) is 5.72. The minimum atomic E-state index is -0.332. The fourth-order valence-corrected chi connectivity index (χ4v) is 3.09. The van der Waals surface area contributed by atoms with Gasteiger partial charge in [-0.25, -0.2) is 0 Å². The van der Waals surface area contributed by atoms with Crippen LogP contribution in [-0.2, 0) is 11.2 Å². The first-order chi connectivity index (χ1) is 10.4. The first-order valence-corrected chi connectivity index (χ1v) is 8.58. The second-order valence-corrected chi connectivity index (χ2v) is 7.36. The Morgan fingerprint density at radius 3 is 2.82 bits per heavy atom. The number of nitrogens with two attached hydrogens (primary N) is 1. The van der Waals surface area contributed by atoms with Crippen LogP contribution in [0.3, 0.4) is 0 Å². The summed E-state index contributed by atoms with van der Waals surface area (Å²) in [4.78, 5) is 16.2. The molecule has 0 saturated carbocycles. The van der Waals surface area contributed by atoms with Gasteiger partial charge in [-0.1, -0.05) is 42.1 Å². The average molecular weight is 342 g/mol. The number of aromatic nitrogens is 4. The Hall–Kier alpha value is -1.68. The van der Waals surface area contributed by atoms with Crippen molar-refractivity contribution in [1.29, 1.82) is 0 Å². The normalized spacial score (nSPS) is 12.5. The van der Waals surface area contributed by atoms with Gasteiger partial charge in [0.05, 0.1) is 5.75 Å². The number of amides is 1. The molecule has 0 unspecified atom stereocenters. The van der Waals surface area contributed by atoms with Crippen LogP contribution in [0.5, 0.6) is 0 Å². The summed E-state index contributed by atoms with van der Waals surface area (Å²) in [5.74, 6) is 1.60. The van der Waals surface area contributed by atoms with Crippen LogP contribution in [0.4, 0.5) is 5.13 Å². The van der Waals surface area contributed by atoms with Crippen molar-refractivity contribution in [3.63, 3.8) is 0 Å². The zero-order chi connectivity index (χ0) is 16.1. The molecule has 0 fully saturated rings. The zero-order valence-electron chi connectivity index (χ0n) is 12.6. The van der Waals surface area contributed by atoms with E-state index in [9.17, 15) is 4.79 Å². The van der Waals surface area contributed by atoms with E-state index in [2.05, 4.69) is 39.5 Å². The molecule has 0 bridgehead atoms. The van der Waals surface area contributed by atoms with Crippen molar-refractivity contribution >= 4 is 34.1 Å². The molecule has 3 N–H and O–H groups in total. The fourth-order valence-electron chi connectivity index (χ4n) is 1.64. The number of hydrogen-bond donors (Lipinski definition) is 2. The van der Waals surface area contributed by atoms with Gasteiger partial charge in [-0.05, 0) is 12.8 Å². The van der Waals surface area contributed by atoms with Gasteiger partial charge in [0.1, 0.15) is 6.04 Å². The van der Waals surface area contributed by atoms with Crippen molar-refractivity contribution in [2.24, 2.45) is 5.92 Å². The summed E-state index contributed by atoms with van der Waals surface area (Å²) in [7, 11) is 0. The predicted octanol–water partition coefficient (Wildman–Crippen LogP) is 1.67. The highest BCUT2D eigenvalue weighted by Gasteiger charge is 2.17. The van der Waals surface area contributed by atoms with Gasteiger partial charge < -0.3 is 15.6 Å². The highest BCUT2D eigenvalue weighted by atomic mass is 32.2. The molecule has 0 saturated heterocycles. The maximum Gasteiger partial charge on any atom is 0.248 e. The molecule has 120 valence electrons. The van der Waals surface area contributed by atoms with Crippen LogP contribution >= 0.6 is 23.1 Å². The van der Waals surface area contributed by atoms with Gasteiger partial charge in [0.2, 0.25) is 16.9 Å². The Morgan fingerprint density at radius 1 is 1.41 bits per heavy atom. The minimum Gasteiger partial charge on any atom is -0.374 e. The molecule has 10 heteroatoms. The van der Waals surface area contributed by atoms with E-state index in [4.69, 9.17) is 10.3 Å². The zero-order valence-corrected chi connectivity index (χ0v) is 14.2. The van der Waals surface area contributed by atoms with E-state index in [1.54, 1.807) is 6.92 Å². The number of nitrogens with one attached hydrogen (secondary N) is 1. The lowest BCUT2D eigenvalue weighted by molar-refractivity contribution is -0.119. The third-order valence-electron chi connectivity index (χ3n) is 2.57. The lowest BCUT2D eigenvalue weighted by atomic mass is 10.1. The van der Waals surface area contributed by atoms with Crippen LogP contribution in [0.2, 0.25) is 0 Å². The standard InChI is InChI=1S/C12H18N6O2S2/c1-6(2)4-8-15-10(20-18-8)7(3)14-9(19)5-21-12-17-16-11(13)22-12/h6-7H,4-5H2,1-3H3,(H2,13,16)(H,14,19)/t7-/m1/s1. The highest BCUT2D eigenvalue weighted by molar-refractivity contribution is 8.01. The van der Waals surface area contributed by atoms with E-state index < -0.39 is 0 Å². The number of hydrogen-bond acceptors (Lipinski definition) is 9. The second kappa shape index (κ2) is 7.54. The largest absolute Gasteiger partial charge is 0.374 e. The first kappa shape index (κ1) is 16.7. The lowest BCUT2D eigenvalue weighted by Crippen LogP contribution is -2.28. The number of rotatable bonds is 7. The van der Waals surface area contributed by atoms with Crippen LogP contribution < -0.4 is 11.1 Å². The third kappa shape index (κ3) is 4.95. The highest BCUT2D eigenvalue weighted by Crippen LogP contribution is 2.23. The Morgan fingerprint density at radius 2 is 2.18 bits per heavy atom. The molecule has 2 rings (SSSR count). The van der Waals surface area contributed by atoms with Gasteiger partial charge >= 0.3 is 0 Å². The Labute approximate surface area is 136 Å². The molecule has 0 spiro atoms. The molecular formula is C12H18N6O2S2. The van der Waals surface area contributed by atoms with Gasteiger partial charge in [-0.15, -0.1) is 10.2 Å². The molecule has 8 nitrogen and oxygen atoms in total. The predicted molar refractivity (Wildman–Crippen MR) is 84.4 cm³/mol. The van der Waals surface area contributed by atoms with Crippen molar-refractivity contribution in [3.8, 4) is 0 Å². The Bertz CT molecular complexity index is 627. The van der Waals surface area contributed by atoms with E-state index in [0.29, 0.717) is 27.1 Å². The summed E-state index contributed by atoms with van der Waals surface area (Å²) in [6.07, 6.45) is 0.748. The monoisotopic (exact) mass is 342 g/mol. The van der Waals surface area contributed by atoms with Gasteiger partial charge in [0, 0.05) is 6.42 Å². The Balaban J connectivity index is 1.81. The van der Waals surface area contributed by atoms with Crippen molar-refractivity contribution < 1.29 is 9.32 Å². The summed E-state index contributed by atoms with van der Waals surface area (Å²) in [5.41, 5.74) is 5.48. The SMILES string of the molecule is CC(C)Cc1noc([C@@H](C)NC(=O)CSc2nnc(N)s2)n1. The summed E-state index contributed by atoms with van der Waals surface area (Å²) in [5, 5.41) is 14.6. The molecule has 22 heavy (non-hydrogen) atoms. The number of thioether (sulfide) groups is 1. The molecule has 0 aliphatic heterocycles. The molecule has 2 heterocycles. The number of carbonyl (C=O) groups is 1. The molecule has 1 amide bonds. The topological polar surface area (TPSA) is 120 Å². The van der Waals surface area contributed by atoms with Crippen LogP contribution in [0.1, 0.15) is 38.5 Å². The van der Waals surface area contributed by atoms with Gasteiger partial charge in [-0.3, -0.25) is 4.79 Å². The van der Waals surface area contributed by atoms with E-state index in [1.165, 1.54) is 23.1 Å². The molecule has 2 aromatic heterocycles.